The van der Waals surface area contributed by atoms with Crippen molar-refractivity contribution in [2.45, 2.75) is 18.9 Å². The van der Waals surface area contributed by atoms with Crippen LogP contribution >= 0.6 is 11.6 Å². The Morgan fingerprint density at radius 1 is 1.19 bits per heavy atom. The van der Waals surface area contributed by atoms with Gasteiger partial charge in [0.15, 0.2) is 0 Å². The molecule has 1 saturated carbocycles. The number of nitrogens with one attached hydrogen (secondary N) is 2. The molecule has 108 valence electrons. The number of hydrogen-bond acceptors (Lipinski definition) is 3. The van der Waals surface area contributed by atoms with E-state index >= 15 is 0 Å². The Kier molecular flexibility index (Phi) is 3.71. The lowest BCUT2D eigenvalue weighted by Gasteiger charge is -2.13. The molecule has 2 aromatic carbocycles. The molecule has 4 nitrogen and oxygen atoms in total. The Balaban J connectivity index is 1.88. The zero-order chi connectivity index (χ0) is 14.8. The third-order valence-electron chi connectivity index (χ3n) is 3.30. The molecule has 1 fully saturated rings. The first-order chi connectivity index (χ1) is 10.1. The highest BCUT2D eigenvalue weighted by atomic mass is 35.5. The summed E-state index contributed by atoms with van der Waals surface area (Å²) in [6.45, 7) is 0. The topological polar surface area (TPSA) is 67.1 Å². The van der Waals surface area contributed by atoms with Gasteiger partial charge in [-0.15, -0.1) is 0 Å². The van der Waals surface area contributed by atoms with Crippen molar-refractivity contribution >= 4 is 34.6 Å². The molecule has 0 atom stereocenters. The summed E-state index contributed by atoms with van der Waals surface area (Å²) < 4.78 is 0. The first-order valence-electron chi connectivity index (χ1n) is 6.85. The van der Waals surface area contributed by atoms with Gasteiger partial charge in [-0.05, 0) is 49.2 Å². The molecule has 0 saturated heterocycles. The van der Waals surface area contributed by atoms with E-state index in [-0.39, 0.29) is 5.91 Å². The normalized spacial score (nSPS) is 13.8. The fourth-order valence-electron chi connectivity index (χ4n) is 2.07. The van der Waals surface area contributed by atoms with Crippen molar-refractivity contribution in [3.8, 4) is 0 Å². The van der Waals surface area contributed by atoms with E-state index in [1.807, 2.05) is 12.1 Å². The van der Waals surface area contributed by atoms with E-state index in [4.69, 9.17) is 17.3 Å². The molecule has 0 aromatic heterocycles. The van der Waals surface area contributed by atoms with E-state index in [2.05, 4.69) is 10.6 Å². The average molecular weight is 302 g/mol. The number of benzene rings is 2. The molecule has 21 heavy (non-hydrogen) atoms. The molecular formula is C16H16ClN3O. The number of nitrogen functional groups attached to an aromatic ring is 1. The Labute approximate surface area is 128 Å². The van der Waals surface area contributed by atoms with Crippen molar-refractivity contribution < 1.29 is 4.79 Å². The van der Waals surface area contributed by atoms with Crippen LogP contribution in [0.2, 0.25) is 5.02 Å². The monoisotopic (exact) mass is 301 g/mol. The number of carbonyl (C=O) groups is 1. The molecule has 0 heterocycles. The molecular weight excluding hydrogens is 286 g/mol. The second-order valence-corrected chi connectivity index (χ2v) is 5.62. The van der Waals surface area contributed by atoms with E-state index < -0.39 is 0 Å². The van der Waals surface area contributed by atoms with Gasteiger partial charge >= 0.3 is 0 Å². The van der Waals surface area contributed by atoms with Gasteiger partial charge in [-0.2, -0.15) is 0 Å². The lowest BCUT2D eigenvalue weighted by Crippen LogP contribution is -2.26. The van der Waals surface area contributed by atoms with Crippen LogP contribution in [0.15, 0.2) is 42.5 Å². The Morgan fingerprint density at radius 2 is 2.00 bits per heavy atom. The van der Waals surface area contributed by atoms with E-state index in [9.17, 15) is 4.79 Å². The van der Waals surface area contributed by atoms with Gasteiger partial charge in [-0.3, -0.25) is 4.79 Å². The number of anilines is 3. The van der Waals surface area contributed by atoms with E-state index in [0.29, 0.717) is 28.0 Å². The van der Waals surface area contributed by atoms with Crippen LogP contribution in [0.4, 0.5) is 17.1 Å². The highest BCUT2D eigenvalue weighted by molar-refractivity contribution is 6.30. The average Bonchev–Trinajstić information content (AvgIpc) is 3.25. The van der Waals surface area contributed by atoms with Crippen LogP contribution in [0.3, 0.4) is 0 Å². The maximum absolute atomic E-state index is 12.3. The molecule has 0 spiro atoms. The summed E-state index contributed by atoms with van der Waals surface area (Å²) in [5, 5.41) is 6.83. The maximum Gasteiger partial charge on any atom is 0.253 e. The van der Waals surface area contributed by atoms with Gasteiger partial charge in [0.1, 0.15) is 0 Å². The zero-order valence-electron chi connectivity index (χ0n) is 11.4. The highest BCUT2D eigenvalue weighted by Gasteiger charge is 2.25. The van der Waals surface area contributed by atoms with Crippen molar-refractivity contribution in [1.29, 1.82) is 0 Å². The molecule has 1 aliphatic carbocycles. The summed E-state index contributed by atoms with van der Waals surface area (Å²) in [7, 11) is 0. The van der Waals surface area contributed by atoms with Crippen molar-refractivity contribution in [1.82, 2.24) is 5.32 Å². The third kappa shape index (κ3) is 3.47. The van der Waals surface area contributed by atoms with Crippen LogP contribution in [-0.4, -0.2) is 11.9 Å². The quantitative estimate of drug-likeness (QED) is 0.756. The molecule has 1 aliphatic rings. The number of nitrogens with two attached hydrogens (primary N) is 1. The van der Waals surface area contributed by atoms with Gasteiger partial charge in [0, 0.05) is 22.4 Å². The van der Waals surface area contributed by atoms with Crippen LogP contribution in [0.25, 0.3) is 0 Å². The molecule has 0 radical (unpaired) electrons. The summed E-state index contributed by atoms with van der Waals surface area (Å²) in [5.41, 5.74) is 8.45. The minimum Gasteiger partial charge on any atom is -0.399 e. The Bertz CT molecular complexity index is 683. The van der Waals surface area contributed by atoms with Gasteiger partial charge in [0.2, 0.25) is 0 Å². The molecule has 5 heteroatoms. The maximum atomic E-state index is 12.3. The van der Waals surface area contributed by atoms with Crippen molar-refractivity contribution in [2.24, 2.45) is 0 Å². The zero-order valence-corrected chi connectivity index (χ0v) is 12.2. The minimum atomic E-state index is -0.102. The molecule has 0 aliphatic heterocycles. The lowest BCUT2D eigenvalue weighted by molar-refractivity contribution is 0.0952. The second-order valence-electron chi connectivity index (χ2n) is 5.19. The molecule has 0 bridgehead atoms. The number of carbonyl (C=O) groups excluding carboxylic acids is 1. The first kappa shape index (κ1) is 13.8. The van der Waals surface area contributed by atoms with Crippen LogP contribution in [0, 0.1) is 0 Å². The van der Waals surface area contributed by atoms with E-state index in [0.717, 1.165) is 18.5 Å². The molecule has 1 amide bonds. The smallest absolute Gasteiger partial charge is 0.253 e. The fraction of sp³-hybridized carbons (Fsp3) is 0.188. The summed E-state index contributed by atoms with van der Waals surface area (Å²) in [4.78, 5) is 12.3. The number of hydrogen-bond donors (Lipinski definition) is 3. The highest BCUT2D eigenvalue weighted by Crippen LogP contribution is 2.26. The summed E-state index contributed by atoms with van der Waals surface area (Å²) in [6.07, 6.45) is 2.09. The van der Waals surface area contributed by atoms with Gasteiger partial charge in [0.25, 0.3) is 5.91 Å². The van der Waals surface area contributed by atoms with Crippen LogP contribution in [0.1, 0.15) is 23.2 Å². The lowest BCUT2D eigenvalue weighted by atomic mass is 10.1. The van der Waals surface area contributed by atoms with Crippen molar-refractivity contribution in [3.05, 3.63) is 53.1 Å². The van der Waals surface area contributed by atoms with Gasteiger partial charge in [-0.1, -0.05) is 17.7 Å². The standard InChI is InChI=1S/C16H16ClN3O/c17-10-2-1-3-13(8-10)19-15-7-4-11(18)9-14(15)16(21)20-12-5-6-12/h1-4,7-9,12,19H,5-6,18H2,(H,20,21). The predicted molar refractivity (Wildman–Crippen MR) is 86.1 cm³/mol. The summed E-state index contributed by atoms with van der Waals surface area (Å²) >= 11 is 5.98. The van der Waals surface area contributed by atoms with Gasteiger partial charge < -0.3 is 16.4 Å². The largest absolute Gasteiger partial charge is 0.399 e. The number of amides is 1. The van der Waals surface area contributed by atoms with Crippen molar-refractivity contribution in [3.63, 3.8) is 0 Å². The van der Waals surface area contributed by atoms with Gasteiger partial charge in [-0.25, -0.2) is 0 Å². The third-order valence-corrected chi connectivity index (χ3v) is 3.54. The van der Waals surface area contributed by atoms with E-state index in [1.54, 1.807) is 30.3 Å². The Hall–Kier alpha value is -2.20. The second kappa shape index (κ2) is 5.66. The van der Waals surface area contributed by atoms with Crippen LogP contribution in [-0.2, 0) is 0 Å². The molecule has 0 unspecified atom stereocenters. The summed E-state index contributed by atoms with van der Waals surface area (Å²) in [5.74, 6) is -0.102. The van der Waals surface area contributed by atoms with Crippen molar-refractivity contribution in [2.75, 3.05) is 11.1 Å². The first-order valence-corrected chi connectivity index (χ1v) is 7.22. The fourth-order valence-corrected chi connectivity index (χ4v) is 2.26. The molecule has 4 N–H and O–H groups in total. The van der Waals surface area contributed by atoms with Crippen LogP contribution < -0.4 is 16.4 Å². The minimum absolute atomic E-state index is 0.102. The van der Waals surface area contributed by atoms with E-state index in [1.165, 1.54) is 0 Å². The predicted octanol–water partition coefficient (Wildman–Crippen LogP) is 3.56. The number of halogens is 1. The Morgan fingerprint density at radius 3 is 2.71 bits per heavy atom. The summed E-state index contributed by atoms with van der Waals surface area (Å²) in [6, 6.07) is 12.9. The van der Waals surface area contributed by atoms with Gasteiger partial charge in [0.05, 0.1) is 11.3 Å². The molecule has 2 aromatic rings. The molecule has 3 rings (SSSR count). The number of rotatable bonds is 4. The SMILES string of the molecule is Nc1ccc(Nc2cccc(Cl)c2)c(C(=O)NC2CC2)c1. The van der Waals surface area contributed by atoms with Crippen LogP contribution in [0.5, 0.6) is 0 Å².